The fraction of sp³-hybridized carbons (Fsp3) is 0.500. The Kier molecular flexibility index (Phi) is 4.52. The molecule has 1 unspecified atom stereocenters. The van der Waals surface area contributed by atoms with Gasteiger partial charge in [0.15, 0.2) is 10.9 Å². The second-order valence-electron chi connectivity index (χ2n) is 4.51. The van der Waals surface area contributed by atoms with Gasteiger partial charge in [0.2, 0.25) is 0 Å². The van der Waals surface area contributed by atoms with E-state index in [1.165, 1.54) is 16.8 Å². The number of nitrogens with one attached hydrogen (secondary N) is 2. The predicted octanol–water partition coefficient (Wildman–Crippen LogP) is 2.74. The van der Waals surface area contributed by atoms with E-state index in [4.69, 9.17) is 17.0 Å². The average Bonchev–Trinajstić information content (AvgIpc) is 2.86. The minimum atomic E-state index is -4.51. The number of nitrogens with zero attached hydrogens (tertiary/aromatic N) is 1. The van der Waals surface area contributed by atoms with Crippen molar-refractivity contribution in [1.82, 2.24) is 14.5 Å². The number of H-pyrrole nitrogens is 2. The Morgan fingerprint density at radius 1 is 1.48 bits per heavy atom. The van der Waals surface area contributed by atoms with E-state index in [1.807, 2.05) is 0 Å². The lowest BCUT2D eigenvalue weighted by Crippen LogP contribution is -2.36. The SMILES string of the molecule is CCCOC(Cn1c(=S)[nH]c(=O)c2[nH]ccc21)C(F)(F)F. The summed E-state index contributed by atoms with van der Waals surface area (Å²) in [6, 6.07) is 1.51. The van der Waals surface area contributed by atoms with Crippen molar-refractivity contribution >= 4 is 23.3 Å². The molecule has 2 rings (SSSR count). The molecule has 2 aromatic heterocycles. The number of aromatic amines is 2. The molecule has 2 heterocycles. The molecule has 2 aromatic rings. The molecule has 0 amide bonds. The molecule has 0 radical (unpaired) electrons. The maximum atomic E-state index is 13.0. The molecule has 0 fully saturated rings. The zero-order valence-corrected chi connectivity index (χ0v) is 12.0. The molecule has 0 bridgehead atoms. The Hall–Kier alpha value is -1.61. The van der Waals surface area contributed by atoms with Crippen molar-refractivity contribution in [2.24, 2.45) is 0 Å². The van der Waals surface area contributed by atoms with Crippen molar-refractivity contribution in [2.45, 2.75) is 32.2 Å². The van der Waals surface area contributed by atoms with Crippen LogP contribution in [0.3, 0.4) is 0 Å². The summed E-state index contributed by atoms with van der Waals surface area (Å²) in [7, 11) is 0. The maximum absolute atomic E-state index is 13.0. The van der Waals surface area contributed by atoms with E-state index in [9.17, 15) is 18.0 Å². The van der Waals surface area contributed by atoms with Crippen LogP contribution in [0.2, 0.25) is 0 Å². The third-order valence-corrected chi connectivity index (χ3v) is 3.27. The molecule has 116 valence electrons. The monoisotopic (exact) mass is 321 g/mol. The zero-order chi connectivity index (χ0) is 15.6. The summed E-state index contributed by atoms with van der Waals surface area (Å²) in [5.41, 5.74) is 0.0346. The van der Waals surface area contributed by atoms with Crippen LogP contribution in [-0.4, -0.2) is 33.4 Å². The van der Waals surface area contributed by atoms with E-state index in [0.717, 1.165) is 0 Å². The van der Waals surface area contributed by atoms with Crippen LogP contribution >= 0.6 is 12.2 Å². The van der Waals surface area contributed by atoms with Crippen LogP contribution in [0.1, 0.15) is 13.3 Å². The van der Waals surface area contributed by atoms with E-state index in [0.29, 0.717) is 11.9 Å². The first-order chi connectivity index (χ1) is 9.84. The molecule has 0 aliphatic carbocycles. The molecule has 5 nitrogen and oxygen atoms in total. The minimum absolute atomic E-state index is 0.00285. The van der Waals surface area contributed by atoms with E-state index in [1.54, 1.807) is 6.92 Å². The van der Waals surface area contributed by atoms with E-state index >= 15 is 0 Å². The lowest BCUT2D eigenvalue weighted by molar-refractivity contribution is -0.224. The van der Waals surface area contributed by atoms with Crippen LogP contribution in [0.4, 0.5) is 13.2 Å². The summed E-state index contributed by atoms with van der Waals surface area (Å²) in [4.78, 5) is 16.7. The molecule has 0 saturated carbocycles. The second-order valence-corrected chi connectivity index (χ2v) is 4.90. The third-order valence-electron chi connectivity index (χ3n) is 2.95. The largest absolute Gasteiger partial charge is 0.416 e. The normalized spacial score (nSPS) is 13.7. The average molecular weight is 321 g/mol. The summed E-state index contributed by atoms with van der Waals surface area (Å²) in [5.74, 6) is 0. The number of rotatable bonds is 5. The van der Waals surface area contributed by atoms with Gasteiger partial charge in [0.25, 0.3) is 5.56 Å². The van der Waals surface area contributed by atoms with Gasteiger partial charge in [-0.2, -0.15) is 13.2 Å². The van der Waals surface area contributed by atoms with E-state index in [-0.39, 0.29) is 16.9 Å². The van der Waals surface area contributed by atoms with Gasteiger partial charge in [0.05, 0.1) is 12.1 Å². The van der Waals surface area contributed by atoms with Crippen molar-refractivity contribution in [2.75, 3.05) is 6.61 Å². The van der Waals surface area contributed by atoms with Crippen LogP contribution in [0.5, 0.6) is 0 Å². The molecule has 9 heteroatoms. The number of fused-ring (bicyclic) bond motifs is 1. The Morgan fingerprint density at radius 2 is 2.19 bits per heavy atom. The Bertz CT molecular complexity index is 732. The van der Waals surface area contributed by atoms with E-state index in [2.05, 4.69) is 9.97 Å². The van der Waals surface area contributed by atoms with Gasteiger partial charge < -0.3 is 14.3 Å². The summed E-state index contributed by atoms with van der Waals surface area (Å²) in [5, 5.41) is 0. The zero-order valence-electron chi connectivity index (χ0n) is 11.2. The highest BCUT2D eigenvalue weighted by Gasteiger charge is 2.41. The van der Waals surface area contributed by atoms with Crippen molar-refractivity contribution in [1.29, 1.82) is 0 Å². The van der Waals surface area contributed by atoms with Gasteiger partial charge in [0.1, 0.15) is 5.52 Å². The fourth-order valence-electron chi connectivity index (χ4n) is 1.96. The first-order valence-electron chi connectivity index (χ1n) is 6.33. The molecule has 0 aromatic carbocycles. The number of alkyl halides is 3. The minimum Gasteiger partial charge on any atom is -0.367 e. The fourth-order valence-corrected chi connectivity index (χ4v) is 2.23. The topological polar surface area (TPSA) is 62.8 Å². The van der Waals surface area contributed by atoms with Crippen LogP contribution in [0, 0.1) is 4.77 Å². The third kappa shape index (κ3) is 3.35. The van der Waals surface area contributed by atoms with Crippen molar-refractivity contribution in [3.8, 4) is 0 Å². The van der Waals surface area contributed by atoms with Crippen molar-refractivity contribution in [3.63, 3.8) is 0 Å². The van der Waals surface area contributed by atoms with Crippen LogP contribution in [0.15, 0.2) is 17.1 Å². The second kappa shape index (κ2) is 6.02. The quantitative estimate of drug-likeness (QED) is 0.833. The Morgan fingerprint density at radius 3 is 2.81 bits per heavy atom. The molecule has 2 N–H and O–H groups in total. The number of hydrogen-bond acceptors (Lipinski definition) is 3. The molecule has 0 aliphatic heterocycles. The first kappa shape index (κ1) is 15.8. The highest BCUT2D eigenvalue weighted by Crippen LogP contribution is 2.25. The summed E-state index contributed by atoms with van der Waals surface area (Å²) in [6.45, 7) is 1.22. The molecule has 1 atom stereocenters. The van der Waals surface area contributed by atoms with Gasteiger partial charge >= 0.3 is 6.18 Å². The van der Waals surface area contributed by atoms with Crippen molar-refractivity contribution in [3.05, 3.63) is 27.4 Å². The highest BCUT2D eigenvalue weighted by atomic mass is 32.1. The number of halogens is 3. The van der Waals surface area contributed by atoms with E-state index < -0.39 is 24.4 Å². The highest BCUT2D eigenvalue weighted by molar-refractivity contribution is 7.71. The van der Waals surface area contributed by atoms with Gasteiger partial charge in [-0.25, -0.2) is 0 Å². The molecule has 0 saturated heterocycles. The summed E-state index contributed by atoms with van der Waals surface area (Å²) in [6.07, 6.45) is -4.54. The predicted molar refractivity (Wildman–Crippen MR) is 73.8 cm³/mol. The van der Waals surface area contributed by atoms with Crippen molar-refractivity contribution < 1.29 is 17.9 Å². The molecule has 21 heavy (non-hydrogen) atoms. The summed E-state index contributed by atoms with van der Waals surface area (Å²) >= 11 is 4.96. The molecular formula is C12H14F3N3O2S. The molecule has 0 spiro atoms. The first-order valence-corrected chi connectivity index (χ1v) is 6.74. The number of hydrogen-bond donors (Lipinski definition) is 2. The maximum Gasteiger partial charge on any atom is 0.416 e. The van der Waals surface area contributed by atoms with Gasteiger partial charge in [-0.3, -0.25) is 9.78 Å². The lowest BCUT2D eigenvalue weighted by atomic mass is 10.3. The van der Waals surface area contributed by atoms with Gasteiger partial charge in [-0.1, -0.05) is 6.92 Å². The van der Waals surface area contributed by atoms with Gasteiger partial charge in [-0.15, -0.1) is 0 Å². The smallest absolute Gasteiger partial charge is 0.367 e. The molecule has 0 aliphatic rings. The van der Waals surface area contributed by atoms with Crippen LogP contribution in [-0.2, 0) is 11.3 Å². The summed E-state index contributed by atoms with van der Waals surface area (Å²) < 4.78 is 45.1. The Labute approximate surface area is 122 Å². The Balaban J connectivity index is 2.43. The number of aromatic nitrogens is 3. The number of ether oxygens (including phenoxy) is 1. The van der Waals surface area contributed by atoms with Gasteiger partial charge in [-0.05, 0) is 24.7 Å². The lowest BCUT2D eigenvalue weighted by Gasteiger charge is -2.22. The van der Waals surface area contributed by atoms with Gasteiger partial charge in [0, 0.05) is 12.8 Å². The van der Waals surface area contributed by atoms with Crippen LogP contribution < -0.4 is 5.56 Å². The standard InChI is InChI=1S/C12H14F3N3O2S/c1-2-5-20-8(12(13,14)15)6-18-7-3-4-16-9(7)10(19)17-11(18)21/h3-4,8,16H,2,5-6H2,1H3,(H,17,19,21). The van der Waals surface area contributed by atoms with Crippen LogP contribution in [0.25, 0.3) is 11.0 Å². The molecular weight excluding hydrogens is 307 g/mol.